The van der Waals surface area contributed by atoms with Gasteiger partial charge in [-0.2, -0.15) is 0 Å². The molecule has 1 aromatic rings. The Morgan fingerprint density at radius 1 is 1.33 bits per heavy atom. The molecule has 1 aromatic carbocycles. The van der Waals surface area contributed by atoms with Crippen LogP contribution in [-0.2, 0) is 9.53 Å². The molecule has 0 aromatic heterocycles. The third-order valence-corrected chi connectivity index (χ3v) is 1.61. The molecule has 0 saturated carbocycles. The van der Waals surface area contributed by atoms with Crippen LogP contribution in [0.3, 0.4) is 0 Å². The molecule has 0 aliphatic rings. The van der Waals surface area contributed by atoms with Crippen LogP contribution in [0.2, 0.25) is 0 Å². The first-order chi connectivity index (χ1) is 7.24. The van der Waals surface area contributed by atoms with Gasteiger partial charge in [-0.05, 0) is 12.1 Å². The van der Waals surface area contributed by atoms with E-state index in [1.807, 2.05) is 6.07 Å². The molecule has 0 aliphatic heterocycles. The van der Waals surface area contributed by atoms with E-state index in [0.717, 1.165) is 0 Å². The van der Waals surface area contributed by atoms with Gasteiger partial charge in [0.1, 0.15) is 5.75 Å². The van der Waals surface area contributed by atoms with Gasteiger partial charge in [0, 0.05) is 6.54 Å². The van der Waals surface area contributed by atoms with Crippen LogP contribution >= 0.6 is 0 Å². The Labute approximate surface area is 88.0 Å². The van der Waals surface area contributed by atoms with Crippen molar-refractivity contribution in [2.24, 2.45) is 11.5 Å². The van der Waals surface area contributed by atoms with Gasteiger partial charge < -0.3 is 20.9 Å². The molecular formula is C10H14N2O3. The molecule has 15 heavy (non-hydrogen) atoms. The minimum Gasteiger partial charge on any atom is -0.455 e. The van der Waals surface area contributed by atoms with Gasteiger partial charge >= 0.3 is 0 Å². The van der Waals surface area contributed by atoms with Gasteiger partial charge in [-0.25, -0.2) is 0 Å². The number of para-hydroxylation sites is 1. The Hall–Kier alpha value is -1.59. The Balaban J connectivity index is 2.55. The van der Waals surface area contributed by atoms with Crippen LogP contribution in [0.4, 0.5) is 0 Å². The maximum Gasteiger partial charge on any atom is 0.287 e. The predicted octanol–water partition coefficient (Wildman–Crippen LogP) is -0.148. The Bertz CT molecular complexity index is 303. The first-order valence-corrected chi connectivity index (χ1v) is 4.56. The molecule has 4 N–H and O–H groups in total. The van der Waals surface area contributed by atoms with Crippen molar-refractivity contribution in [3.63, 3.8) is 0 Å². The van der Waals surface area contributed by atoms with Crippen LogP contribution in [0.25, 0.3) is 0 Å². The van der Waals surface area contributed by atoms with Crippen molar-refractivity contribution in [1.82, 2.24) is 0 Å². The van der Waals surface area contributed by atoms with Crippen molar-refractivity contribution in [2.45, 2.75) is 6.29 Å². The summed E-state index contributed by atoms with van der Waals surface area (Å²) in [5.41, 5.74) is 10.3. The average molecular weight is 210 g/mol. The molecule has 0 fully saturated rings. The lowest BCUT2D eigenvalue weighted by atomic mass is 10.3. The standard InChI is InChI=1S/C10H14N2O3/c11-6-7-14-10(9(12)13)15-8-4-2-1-3-5-8/h1-5,10H,6-7,11H2,(H2,12,13). The number of rotatable bonds is 6. The van der Waals surface area contributed by atoms with Crippen LogP contribution in [0.15, 0.2) is 30.3 Å². The number of ether oxygens (including phenoxy) is 2. The summed E-state index contributed by atoms with van der Waals surface area (Å²) < 4.78 is 10.3. The van der Waals surface area contributed by atoms with Crippen LogP contribution in [0.5, 0.6) is 5.75 Å². The summed E-state index contributed by atoms with van der Waals surface area (Å²) in [6.45, 7) is 0.530. The molecule has 5 heteroatoms. The summed E-state index contributed by atoms with van der Waals surface area (Å²) >= 11 is 0. The highest BCUT2D eigenvalue weighted by Crippen LogP contribution is 2.11. The van der Waals surface area contributed by atoms with Gasteiger partial charge in [0.15, 0.2) is 0 Å². The highest BCUT2D eigenvalue weighted by atomic mass is 16.7. The summed E-state index contributed by atoms with van der Waals surface area (Å²) in [7, 11) is 0. The van der Waals surface area contributed by atoms with Gasteiger partial charge in [-0.15, -0.1) is 0 Å². The number of hydrogen-bond donors (Lipinski definition) is 2. The Morgan fingerprint density at radius 2 is 2.00 bits per heavy atom. The SMILES string of the molecule is NCCOC(Oc1ccccc1)C(N)=O. The van der Waals surface area contributed by atoms with E-state index in [2.05, 4.69) is 0 Å². The number of hydrogen-bond acceptors (Lipinski definition) is 4. The van der Waals surface area contributed by atoms with E-state index in [4.69, 9.17) is 20.9 Å². The molecule has 1 unspecified atom stereocenters. The topological polar surface area (TPSA) is 87.6 Å². The summed E-state index contributed by atoms with van der Waals surface area (Å²) in [6, 6.07) is 8.84. The van der Waals surface area contributed by atoms with Gasteiger partial charge in [0.2, 0.25) is 0 Å². The van der Waals surface area contributed by atoms with E-state index < -0.39 is 12.2 Å². The van der Waals surface area contributed by atoms with E-state index in [1.165, 1.54) is 0 Å². The molecule has 0 radical (unpaired) electrons. The molecule has 1 rings (SSSR count). The average Bonchev–Trinajstić information content (AvgIpc) is 2.25. The lowest BCUT2D eigenvalue weighted by Gasteiger charge is -2.15. The predicted molar refractivity (Wildman–Crippen MR) is 55.1 cm³/mol. The van der Waals surface area contributed by atoms with E-state index in [-0.39, 0.29) is 6.61 Å². The monoisotopic (exact) mass is 210 g/mol. The molecule has 0 saturated heterocycles. The van der Waals surface area contributed by atoms with Crippen molar-refractivity contribution in [3.8, 4) is 5.75 Å². The Morgan fingerprint density at radius 3 is 2.53 bits per heavy atom. The second kappa shape index (κ2) is 6.00. The molecule has 82 valence electrons. The van der Waals surface area contributed by atoms with E-state index in [1.54, 1.807) is 24.3 Å². The zero-order valence-corrected chi connectivity index (χ0v) is 8.26. The summed E-state index contributed by atoms with van der Waals surface area (Å²) in [5, 5.41) is 0. The van der Waals surface area contributed by atoms with Crippen molar-refractivity contribution >= 4 is 5.91 Å². The third-order valence-electron chi connectivity index (χ3n) is 1.61. The van der Waals surface area contributed by atoms with E-state index >= 15 is 0 Å². The number of benzene rings is 1. The summed E-state index contributed by atoms with van der Waals surface area (Å²) in [5.74, 6) is -0.148. The fourth-order valence-corrected chi connectivity index (χ4v) is 0.972. The quantitative estimate of drug-likeness (QED) is 0.639. The second-order valence-corrected chi connectivity index (χ2v) is 2.82. The number of primary amides is 1. The summed E-state index contributed by atoms with van der Waals surface area (Å²) in [4.78, 5) is 10.9. The maximum atomic E-state index is 10.9. The first-order valence-electron chi connectivity index (χ1n) is 4.56. The lowest BCUT2D eigenvalue weighted by molar-refractivity contribution is -0.148. The minimum atomic E-state index is -1.09. The summed E-state index contributed by atoms with van der Waals surface area (Å²) in [6.07, 6.45) is -1.09. The molecular weight excluding hydrogens is 196 g/mol. The zero-order valence-electron chi connectivity index (χ0n) is 8.26. The Kier molecular flexibility index (Phi) is 4.59. The zero-order chi connectivity index (χ0) is 11.1. The molecule has 1 atom stereocenters. The van der Waals surface area contributed by atoms with Crippen molar-refractivity contribution in [1.29, 1.82) is 0 Å². The first kappa shape index (κ1) is 11.5. The van der Waals surface area contributed by atoms with Crippen molar-refractivity contribution in [2.75, 3.05) is 13.2 Å². The van der Waals surface area contributed by atoms with Gasteiger partial charge in [0.05, 0.1) is 6.61 Å². The maximum absolute atomic E-state index is 10.9. The van der Waals surface area contributed by atoms with Gasteiger partial charge in [0.25, 0.3) is 12.2 Å². The second-order valence-electron chi connectivity index (χ2n) is 2.82. The number of nitrogens with two attached hydrogens (primary N) is 2. The number of carbonyl (C=O) groups excluding carboxylic acids is 1. The van der Waals surface area contributed by atoms with E-state index in [9.17, 15) is 4.79 Å². The van der Waals surface area contributed by atoms with Crippen LogP contribution < -0.4 is 16.2 Å². The highest BCUT2D eigenvalue weighted by molar-refractivity contribution is 5.77. The molecule has 0 heterocycles. The van der Waals surface area contributed by atoms with Gasteiger partial charge in [-0.3, -0.25) is 4.79 Å². The normalized spacial score (nSPS) is 12.1. The van der Waals surface area contributed by atoms with Crippen molar-refractivity contribution in [3.05, 3.63) is 30.3 Å². The molecule has 1 amide bonds. The highest BCUT2D eigenvalue weighted by Gasteiger charge is 2.16. The fourth-order valence-electron chi connectivity index (χ4n) is 0.972. The lowest BCUT2D eigenvalue weighted by Crippen LogP contribution is -2.37. The van der Waals surface area contributed by atoms with Gasteiger partial charge in [-0.1, -0.05) is 18.2 Å². The van der Waals surface area contributed by atoms with E-state index in [0.29, 0.717) is 12.3 Å². The van der Waals surface area contributed by atoms with Crippen LogP contribution in [-0.4, -0.2) is 25.3 Å². The third kappa shape index (κ3) is 3.97. The molecule has 5 nitrogen and oxygen atoms in total. The van der Waals surface area contributed by atoms with Crippen LogP contribution in [0.1, 0.15) is 0 Å². The van der Waals surface area contributed by atoms with Crippen LogP contribution in [0, 0.1) is 0 Å². The fraction of sp³-hybridized carbons (Fsp3) is 0.300. The number of carbonyl (C=O) groups is 1. The molecule has 0 aliphatic carbocycles. The minimum absolute atomic E-state index is 0.223. The molecule has 0 spiro atoms. The molecule has 0 bridgehead atoms. The largest absolute Gasteiger partial charge is 0.455 e. The van der Waals surface area contributed by atoms with Crippen molar-refractivity contribution < 1.29 is 14.3 Å². The smallest absolute Gasteiger partial charge is 0.287 e. The number of amides is 1.